The Morgan fingerprint density at radius 2 is 1.20 bits per heavy atom. The Kier molecular flexibility index (Phi) is 8.21. The number of ether oxygens (including phenoxy) is 1. The molecule has 3 aromatic carbocycles. The number of fused-ring (bicyclic) bond motifs is 4. The summed E-state index contributed by atoms with van der Waals surface area (Å²) in [5, 5.41) is 4.58. The highest BCUT2D eigenvalue weighted by Crippen LogP contribution is 2.48. The second-order valence-corrected chi connectivity index (χ2v) is 14.0. The lowest BCUT2D eigenvalue weighted by Crippen LogP contribution is -2.50. The third-order valence-electron chi connectivity index (χ3n) is 11.1. The van der Waals surface area contributed by atoms with Crippen molar-refractivity contribution in [1.29, 1.82) is 0 Å². The maximum absolute atomic E-state index is 14.2. The van der Waals surface area contributed by atoms with Crippen LogP contribution < -0.4 is 10.1 Å². The zero-order valence-electron chi connectivity index (χ0n) is 25.2. The van der Waals surface area contributed by atoms with E-state index in [1.165, 1.54) is 0 Å². The second-order valence-electron chi connectivity index (χ2n) is 13.2. The smallest absolute Gasteiger partial charge is 0.316 e. The molecule has 0 aromatic heterocycles. The number of esters is 1. The minimum atomic E-state index is -0.319. The number of carbonyl (C=O) groups excluding carboxylic acids is 2. The first-order valence-corrected chi connectivity index (χ1v) is 16.6. The monoisotopic (exact) mass is 631 g/mol. The summed E-state index contributed by atoms with van der Waals surface area (Å²) in [4.78, 5) is 33.0. The van der Waals surface area contributed by atoms with Crippen LogP contribution in [0, 0.1) is 11.8 Å². The number of nitrogens with one attached hydrogen (secondary N) is 1. The minimum absolute atomic E-state index is 0.0410. The maximum atomic E-state index is 14.2. The number of anilines is 1. The van der Waals surface area contributed by atoms with Gasteiger partial charge in [-0.2, -0.15) is 0 Å². The summed E-state index contributed by atoms with van der Waals surface area (Å²) < 4.78 is 6.22. The van der Waals surface area contributed by atoms with Gasteiger partial charge in [0.2, 0.25) is 5.91 Å². The molecule has 4 fully saturated rings. The molecule has 4 heterocycles. The zero-order chi connectivity index (χ0) is 30.5. The summed E-state index contributed by atoms with van der Waals surface area (Å²) in [5.41, 5.74) is 2.79. The Hall–Kier alpha value is -2.90. The Labute approximate surface area is 269 Å². The summed E-state index contributed by atoms with van der Waals surface area (Å²) >= 11 is 12.4. The molecule has 7 rings (SSSR count). The number of carbonyl (C=O) groups is 2. The quantitative estimate of drug-likeness (QED) is 0.227. The average Bonchev–Trinajstić information content (AvgIpc) is 3.38. The van der Waals surface area contributed by atoms with E-state index >= 15 is 0 Å². The van der Waals surface area contributed by atoms with Gasteiger partial charge in [0.05, 0.1) is 17.5 Å². The zero-order valence-corrected chi connectivity index (χ0v) is 26.7. The van der Waals surface area contributed by atoms with E-state index in [-0.39, 0.29) is 47.6 Å². The lowest BCUT2D eigenvalue weighted by molar-refractivity contribution is -0.143. The Morgan fingerprint density at radius 1 is 0.705 bits per heavy atom. The highest BCUT2D eigenvalue weighted by molar-refractivity contribution is 6.30. The number of amides is 1. The van der Waals surface area contributed by atoms with E-state index < -0.39 is 0 Å². The Balaban J connectivity index is 1.14. The fourth-order valence-corrected chi connectivity index (χ4v) is 9.02. The summed E-state index contributed by atoms with van der Waals surface area (Å²) in [5.74, 6) is -0.326. The molecule has 0 radical (unpaired) electrons. The molecule has 3 aromatic rings. The molecule has 0 saturated carbocycles. The minimum Gasteiger partial charge on any atom is -0.424 e. The molecule has 0 aliphatic carbocycles. The fraction of sp³-hybridized carbons (Fsp3) is 0.444. The van der Waals surface area contributed by atoms with Gasteiger partial charge in [-0.05, 0) is 106 Å². The number of hydrogen-bond donors (Lipinski definition) is 1. The van der Waals surface area contributed by atoms with Crippen LogP contribution >= 0.6 is 23.2 Å². The first kappa shape index (κ1) is 29.8. The fourth-order valence-electron chi connectivity index (χ4n) is 8.77. The van der Waals surface area contributed by atoms with Crippen molar-refractivity contribution < 1.29 is 14.3 Å². The maximum Gasteiger partial charge on any atom is 0.316 e. The van der Waals surface area contributed by atoms with Crippen LogP contribution in [0.5, 0.6) is 5.75 Å². The number of rotatable bonds is 6. The summed E-state index contributed by atoms with van der Waals surface area (Å²) in [6, 6.07) is 24.3. The molecule has 4 aliphatic heterocycles. The van der Waals surface area contributed by atoms with Crippen LogP contribution in [0.4, 0.5) is 5.69 Å². The molecule has 8 atom stereocenters. The SMILES string of the molecule is CN1C2CCC1C(C(=O)Nc1ccccc1OC(=O)C1C(c3ccc(Cl)cc3)CC3CCC1N3C)C(c1ccc(Cl)cc1)C2. The molecule has 4 saturated heterocycles. The summed E-state index contributed by atoms with van der Waals surface area (Å²) in [6.45, 7) is 0. The highest BCUT2D eigenvalue weighted by Gasteiger charge is 2.51. The van der Waals surface area contributed by atoms with Gasteiger partial charge in [-0.25, -0.2) is 0 Å². The predicted octanol–water partition coefficient (Wildman–Crippen LogP) is 7.37. The van der Waals surface area contributed by atoms with Crippen molar-refractivity contribution in [3.63, 3.8) is 0 Å². The molecular weight excluding hydrogens is 593 g/mol. The van der Waals surface area contributed by atoms with E-state index in [2.05, 4.69) is 41.3 Å². The molecular formula is C36H39Cl2N3O3. The number of halogens is 2. The van der Waals surface area contributed by atoms with Crippen LogP contribution in [0.25, 0.3) is 0 Å². The molecule has 44 heavy (non-hydrogen) atoms. The van der Waals surface area contributed by atoms with Crippen molar-refractivity contribution in [2.24, 2.45) is 11.8 Å². The van der Waals surface area contributed by atoms with E-state index in [1.807, 2.05) is 54.6 Å². The lowest BCUT2D eigenvalue weighted by Gasteiger charge is -2.42. The van der Waals surface area contributed by atoms with E-state index in [1.54, 1.807) is 6.07 Å². The van der Waals surface area contributed by atoms with Crippen molar-refractivity contribution in [2.45, 2.75) is 74.5 Å². The average molecular weight is 633 g/mol. The summed E-state index contributed by atoms with van der Waals surface area (Å²) in [7, 11) is 4.27. The molecule has 230 valence electrons. The molecule has 0 spiro atoms. The van der Waals surface area contributed by atoms with Crippen molar-refractivity contribution in [1.82, 2.24) is 9.80 Å². The first-order valence-electron chi connectivity index (χ1n) is 15.8. The van der Waals surface area contributed by atoms with Gasteiger partial charge in [0.15, 0.2) is 5.75 Å². The molecule has 6 nitrogen and oxygen atoms in total. The van der Waals surface area contributed by atoms with E-state index in [4.69, 9.17) is 27.9 Å². The molecule has 8 unspecified atom stereocenters. The highest BCUT2D eigenvalue weighted by atomic mass is 35.5. The normalized spacial score (nSPS) is 31.5. The van der Waals surface area contributed by atoms with E-state index in [0.29, 0.717) is 33.6 Å². The molecule has 1 N–H and O–H groups in total. The third-order valence-corrected chi connectivity index (χ3v) is 11.6. The van der Waals surface area contributed by atoms with Gasteiger partial charge in [-0.3, -0.25) is 19.4 Å². The largest absolute Gasteiger partial charge is 0.424 e. The second kappa shape index (κ2) is 12.1. The number of hydrogen-bond acceptors (Lipinski definition) is 5. The van der Waals surface area contributed by atoms with Crippen LogP contribution in [0.2, 0.25) is 10.0 Å². The summed E-state index contributed by atoms with van der Waals surface area (Å²) in [6.07, 6.45) is 5.95. The Morgan fingerprint density at radius 3 is 1.77 bits per heavy atom. The van der Waals surface area contributed by atoms with Crippen LogP contribution in [-0.4, -0.2) is 59.9 Å². The van der Waals surface area contributed by atoms with Gasteiger partial charge >= 0.3 is 5.97 Å². The number of piperidine rings is 2. The van der Waals surface area contributed by atoms with Gasteiger partial charge < -0.3 is 10.1 Å². The van der Waals surface area contributed by atoms with Crippen LogP contribution in [0.3, 0.4) is 0 Å². The van der Waals surface area contributed by atoms with Gasteiger partial charge in [0.25, 0.3) is 0 Å². The Bertz CT molecular complexity index is 1420. The van der Waals surface area contributed by atoms with Crippen LogP contribution in [-0.2, 0) is 9.59 Å². The van der Waals surface area contributed by atoms with Gasteiger partial charge in [-0.15, -0.1) is 0 Å². The molecule has 4 bridgehead atoms. The number of benzene rings is 3. The topological polar surface area (TPSA) is 61.9 Å². The lowest BCUT2D eigenvalue weighted by atomic mass is 9.75. The van der Waals surface area contributed by atoms with Crippen molar-refractivity contribution in [3.05, 3.63) is 94.0 Å². The van der Waals surface area contributed by atoms with Crippen LogP contribution in [0.1, 0.15) is 61.5 Å². The predicted molar refractivity (Wildman–Crippen MR) is 174 cm³/mol. The van der Waals surface area contributed by atoms with Gasteiger partial charge in [-0.1, -0.05) is 59.6 Å². The van der Waals surface area contributed by atoms with Crippen LogP contribution in [0.15, 0.2) is 72.8 Å². The van der Waals surface area contributed by atoms with Gasteiger partial charge in [0, 0.05) is 40.1 Å². The first-order chi connectivity index (χ1) is 21.3. The molecule has 8 heteroatoms. The van der Waals surface area contributed by atoms with Gasteiger partial charge in [0.1, 0.15) is 0 Å². The van der Waals surface area contributed by atoms with Crippen molar-refractivity contribution in [2.75, 3.05) is 19.4 Å². The van der Waals surface area contributed by atoms with E-state index in [9.17, 15) is 9.59 Å². The van der Waals surface area contributed by atoms with Crippen molar-refractivity contribution >= 4 is 40.8 Å². The van der Waals surface area contributed by atoms with E-state index in [0.717, 1.165) is 49.7 Å². The number of nitrogens with zero attached hydrogens (tertiary/aromatic N) is 2. The standard InChI is InChI=1S/C36H39Cl2N3O3/c1-40-25-15-17-30(40)33(27(19-25)21-7-11-23(37)12-8-21)35(42)39-29-5-3-4-6-32(29)44-36(43)34-28(22-9-13-24(38)14-10-22)20-26-16-18-31(34)41(26)2/h3-14,25-28,30-31,33-34H,15-20H2,1-2H3,(H,39,42). The molecule has 4 aliphatic rings. The third kappa shape index (κ3) is 5.44. The molecule has 1 amide bonds. The number of para-hydroxylation sites is 2. The van der Waals surface area contributed by atoms with Crippen molar-refractivity contribution in [3.8, 4) is 5.75 Å².